The van der Waals surface area contributed by atoms with E-state index in [1.54, 1.807) is 0 Å². The molecule has 3 nitrogen and oxygen atoms in total. The fraction of sp³-hybridized carbons (Fsp3) is 0.944. The molecule has 0 aromatic heterocycles. The minimum Gasteiger partial charge on any atom is -0.352 e. The second-order valence-corrected chi connectivity index (χ2v) is 7.48. The van der Waals surface area contributed by atoms with Gasteiger partial charge in [0.15, 0.2) is 0 Å². The van der Waals surface area contributed by atoms with Gasteiger partial charge in [0, 0.05) is 12.1 Å². The van der Waals surface area contributed by atoms with E-state index in [1.165, 1.54) is 77.0 Å². The van der Waals surface area contributed by atoms with Gasteiger partial charge in [0.1, 0.15) is 0 Å². The molecule has 0 radical (unpaired) electrons. The number of carbonyl (C=O) groups excluding carboxylic acids is 1. The number of rotatable bonds is 4. The Morgan fingerprint density at radius 3 is 2.24 bits per heavy atom. The number of likely N-dealkylation sites (tertiary alicyclic amines) is 1. The summed E-state index contributed by atoms with van der Waals surface area (Å²) in [7, 11) is 0. The molecule has 0 bridgehead atoms. The van der Waals surface area contributed by atoms with E-state index in [0.29, 0.717) is 18.6 Å². The normalized spacial score (nSPS) is 29.6. The number of nitrogens with one attached hydrogen (secondary N) is 1. The molecule has 3 fully saturated rings. The van der Waals surface area contributed by atoms with Crippen LogP contribution in [0.4, 0.5) is 0 Å². The predicted molar refractivity (Wildman–Crippen MR) is 86.2 cm³/mol. The summed E-state index contributed by atoms with van der Waals surface area (Å²) in [6, 6.07) is 1.16. The molecule has 3 aliphatic rings. The zero-order valence-corrected chi connectivity index (χ0v) is 13.5. The molecule has 1 atom stereocenters. The molecule has 3 heteroatoms. The Labute approximate surface area is 129 Å². The molecule has 1 heterocycles. The lowest BCUT2D eigenvalue weighted by atomic mass is 9.79. The van der Waals surface area contributed by atoms with Crippen LogP contribution in [-0.4, -0.2) is 36.0 Å². The monoisotopic (exact) mass is 292 g/mol. The van der Waals surface area contributed by atoms with E-state index in [0.717, 1.165) is 12.5 Å². The highest BCUT2D eigenvalue weighted by Gasteiger charge is 2.35. The van der Waals surface area contributed by atoms with Gasteiger partial charge in [-0.25, -0.2) is 0 Å². The standard InChI is InChI=1S/C18H32N2O/c21-18(19-16-10-4-2-1-3-5-11-16)14-20-13-7-12-17(20)15-8-6-9-15/h15-17H,1-14H2,(H,19,21)/t17-/m1/s1. The van der Waals surface area contributed by atoms with Gasteiger partial charge in [-0.15, -0.1) is 0 Å². The van der Waals surface area contributed by atoms with Gasteiger partial charge in [-0.3, -0.25) is 9.69 Å². The summed E-state index contributed by atoms with van der Waals surface area (Å²) in [4.78, 5) is 14.9. The van der Waals surface area contributed by atoms with Gasteiger partial charge in [-0.2, -0.15) is 0 Å². The van der Waals surface area contributed by atoms with Crippen LogP contribution in [0.1, 0.15) is 77.0 Å². The van der Waals surface area contributed by atoms with Crippen LogP contribution in [-0.2, 0) is 4.79 Å². The lowest BCUT2D eigenvalue weighted by Crippen LogP contribution is -2.46. The van der Waals surface area contributed by atoms with Gasteiger partial charge >= 0.3 is 0 Å². The Morgan fingerprint density at radius 1 is 0.857 bits per heavy atom. The molecule has 0 spiro atoms. The van der Waals surface area contributed by atoms with Crippen LogP contribution in [0.25, 0.3) is 0 Å². The number of hydrogen-bond donors (Lipinski definition) is 1. The van der Waals surface area contributed by atoms with Gasteiger partial charge in [0.2, 0.25) is 5.91 Å². The molecule has 0 aromatic carbocycles. The van der Waals surface area contributed by atoms with Crippen molar-refractivity contribution in [1.82, 2.24) is 10.2 Å². The molecule has 21 heavy (non-hydrogen) atoms. The van der Waals surface area contributed by atoms with Crippen molar-refractivity contribution in [1.29, 1.82) is 0 Å². The average Bonchev–Trinajstić information content (AvgIpc) is 2.78. The first-order valence-corrected chi connectivity index (χ1v) is 9.36. The maximum Gasteiger partial charge on any atom is 0.234 e. The Bertz CT molecular complexity index is 332. The third kappa shape index (κ3) is 4.21. The molecule has 1 saturated heterocycles. The van der Waals surface area contributed by atoms with E-state index in [1.807, 2.05) is 0 Å². The van der Waals surface area contributed by atoms with E-state index in [2.05, 4.69) is 10.2 Å². The molecule has 2 saturated carbocycles. The molecule has 2 aliphatic carbocycles. The van der Waals surface area contributed by atoms with Gasteiger partial charge in [-0.1, -0.05) is 38.5 Å². The zero-order valence-electron chi connectivity index (χ0n) is 13.5. The molecular formula is C18H32N2O. The van der Waals surface area contributed by atoms with Crippen LogP contribution < -0.4 is 5.32 Å². The summed E-state index contributed by atoms with van der Waals surface area (Å²) < 4.78 is 0. The Kier molecular flexibility index (Phi) is 5.56. The van der Waals surface area contributed by atoms with Crippen LogP contribution in [0.5, 0.6) is 0 Å². The van der Waals surface area contributed by atoms with Crippen molar-refractivity contribution in [2.45, 2.75) is 89.1 Å². The summed E-state index contributed by atoms with van der Waals surface area (Å²) in [6.07, 6.45) is 15.9. The second-order valence-electron chi connectivity index (χ2n) is 7.48. The SMILES string of the molecule is O=C(CN1CCC[C@@H]1C1CCC1)NC1CCCCCCC1. The molecule has 1 N–H and O–H groups in total. The molecule has 120 valence electrons. The number of carbonyl (C=O) groups is 1. The third-order valence-electron chi connectivity index (χ3n) is 5.93. The van der Waals surface area contributed by atoms with Crippen molar-refractivity contribution in [2.24, 2.45) is 5.92 Å². The molecule has 1 amide bonds. The lowest BCUT2D eigenvalue weighted by Gasteiger charge is -2.37. The highest BCUT2D eigenvalue weighted by Crippen LogP contribution is 2.36. The van der Waals surface area contributed by atoms with Gasteiger partial charge in [-0.05, 0) is 51.0 Å². The first kappa shape index (κ1) is 15.3. The highest BCUT2D eigenvalue weighted by molar-refractivity contribution is 5.78. The maximum absolute atomic E-state index is 12.4. The number of amides is 1. The third-order valence-corrected chi connectivity index (χ3v) is 5.93. The second kappa shape index (κ2) is 7.62. The van der Waals surface area contributed by atoms with E-state index >= 15 is 0 Å². The van der Waals surface area contributed by atoms with E-state index < -0.39 is 0 Å². The van der Waals surface area contributed by atoms with E-state index in [9.17, 15) is 4.79 Å². The average molecular weight is 292 g/mol. The van der Waals surface area contributed by atoms with E-state index in [4.69, 9.17) is 0 Å². The minimum absolute atomic E-state index is 0.284. The summed E-state index contributed by atoms with van der Waals surface area (Å²) >= 11 is 0. The molecule has 1 aliphatic heterocycles. The maximum atomic E-state index is 12.4. The summed E-state index contributed by atoms with van der Waals surface area (Å²) in [6.45, 7) is 1.79. The van der Waals surface area contributed by atoms with E-state index in [-0.39, 0.29) is 5.91 Å². The fourth-order valence-electron chi connectivity index (χ4n) is 4.46. The van der Waals surface area contributed by atoms with Crippen LogP contribution in [0.15, 0.2) is 0 Å². The smallest absolute Gasteiger partial charge is 0.234 e. The van der Waals surface area contributed by atoms with Crippen LogP contribution in [0.2, 0.25) is 0 Å². The number of nitrogens with zero attached hydrogens (tertiary/aromatic N) is 1. The van der Waals surface area contributed by atoms with Crippen LogP contribution >= 0.6 is 0 Å². The quantitative estimate of drug-likeness (QED) is 0.860. The summed E-state index contributed by atoms with van der Waals surface area (Å²) in [5, 5.41) is 3.33. The van der Waals surface area contributed by atoms with Crippen molar-refractivity contribution >= 4 is 5.91 Å². The molecule has 0 unspecified atom stereocenters. The van der Waals surface area contributed by atoms with Crippen molar-refractivity contribution in [3.8, 4) is 0 Å². The minimum atomic E-state index is 0.284. The van der Waals surface area contributed by atoms with Crippen molar-refractivity contribution in [3.05, 3.63) is 0 Å². The summed E-state index contributed by atoms with van der Waals surface area (Å²) in [5.74, 6) is 1.17. The van der Waals surface area contributed by atoms with Crippen LogP contribution in [0, 0.1) is 5.92 Å². The Balaban J connectivity index is 1.44. The Morgan fingerprint density at radius 2 is 1.57 bits per heavy atom. The van der Waals surface area contributed by atoms with Crippen LogP contribution in [0.3, 0.4) is 0 Å². The fourth-order valence-corrected chi connectivity index (χ4v) is 4.46. The Hall–Kier alpha value is -0.570. The first-order valence-electron chi connectivity index (χ1n) is 9.36. The lowest BCUT2D eigenvalue weighted by molar-refractivity contribution is -0.123. The van der Waals surface area contributed by atoms with Gasteiger partial charge < -0.3 is 5.32 Å². The molecule has 0 aromatic rings. The number of hydrogen-bond acceptors (Lipinski definition) is 2. The molecular weight excluding hydrogens is 260 g/mol. The predicted octanol–water partition coefficient (Wildman–Crippen LogP) is 3.48. The topological polar surface area (TPSA) is 32.3 Å². The zero-order chi connectivity index (χ0) is 14.5. The summed E-state index contributed by atoms with van der Waals surface area (Å²) in [5.41, 5.74) is 0. The first-order chi connectivity index (χ1) is 10.3. The largest absolute Gasteiger partial charge is 0.352 e. The van der Waals surface area contributed by atoms with Gasteiger partial charge in [0.05, 0.1) is 6.54 Å². The van der Waals surface area contributed by atoms with Gasteiger partial charge in [0.25, 0.3) is 0 Å². The van der Waals surface area contributed by atoms with Crippen molar-refractivity contribution in [3.63, 3.8) is 0 Å². The van der Waals surface area contributed by atoms with Crippen molar-refractivity contribution in [2.75, 3.05) is 13.1 Å². The molecule has 3 rings (SSSR count). The highest BCUT2D eigenvalue weighted by atomic mass is 16.2. The van der Waals surface area contributed by atoms with Crippen molar-refractivity contribution < 1.29 is 4.79 Å².